The Morgan fingerprint density at radius 2 is 2.04 bits per heavy atom. The molecule has 0 saturated carbocycles. The third-order valence-corrected chi connectivity index (χ3v) is 3.45. The number of nitrogens with zero attached hydrogens (tertiary/aromatic N) is 2. The van der Waals surface area contributed by atoms with Crippen LogP contribution in [-0.4, -0.2) is 37.1 Å². The molecule has 140 valence electrons. The van der Waals surface area contributed by atoms with Crippen LogP contribution in [0.25, 0.3) is 0 Å². The van der Waals surface area contributed by atoms with Crippen molar-refractivity contribution < 1.29 is 22.7 Å². The number of anilines is 2. The highest BCUT2D eigenvalue weighted by molar-refractivity contribution is 6.04. The van der Waals surface area contributed by atoms with E-state index in [0.29, 0.717) is 5.69 Å². The van der Waals surface area contributed by atoms with Gasteiger partial charge in [-0.2, -0.15) is 13.2 Å². The molecule has 2 N–H and O–H groups in total. The Bertz CT molecular complexity index is 863. The Kier molecular flexibility index (Phi) is 5.66. The van der Waals surface area contributed by atoms with Crippen LogP contribution in [0.4, 0.5) is 24.5 Å². The number of aromatic amines is 1. The molecule has 0 aliphatic rings. The van der Waals surface area contributed by atoms with Gasteiger partial charge in [0.05, 0.1) is 11.3 Å². The number of hydrogen-bond acceptors (Lipinski definition) is 5. The fourth-order valence-electron chi connectivity index (χ4n) is 2.15. The van der Waals surface area contributed by atoms with Crippen LogP contribution in [0.3, 0.4) is 0 Å². The molecule has 26 heavy (non-hydrogen) atoms. The molecule has 0 bridgehead atoms. The summed E-state index contributed by atoms with van der Waals surface area (Å²) in [5, 5.41) is 2.12. The maximum atomic E-state index is 13.3. The second kappa shape index (κ2) is 7.56. The summed E-state index contributed by atoms with van der Waals surface area (Å²) in [6.07, 6.45) is -3.69. The van der Waals surface area contributed by atoms with Crippen LogP contribution in [0.1, 0.15) is 21.7 Å². The van der Waals surface area contributed by atoms with Crippen molar-refractivity contribution in [2.24, 2.45) is 0 Å². The molecule has 0 fully saturated rings. The number of nitrogens with one attached hydrogen (secondary N) is 2. The van der Waals surface area contributed by atoms with Gasteiger partial charge in [0.25, 0.3) is 11.5 Å². The summed E-state index contributed by atoms with van der Waals surface area (Å²) in [4.78, 5) is 31.8. The van der Waals surface area contributed by atoms with Crippen LogP contribution in [0.15, 0.2) is 29.2 Å². The van der Waals surface area contributed by atoms with Crippen LogP contribution in [0, 0.1) is 0 Å². The summed E-state index contributed by atoms with van der Waals surface area (Å²) in [6, 6.07) is 3.48. The summed E-state index contributed by atoms with van der Waals surface area (Å²) >= 11 is 0. The Balaban J connectivity index is 2.36. The molecule has 1 heterocycles. The van der Waals surface area contributed by atoms with E-state index in [4.69, 9.17) is 4.74 Å². The van der Waals surface area contributed by atoms with Crippen LogP contribution < -0.4 is 15.8 Å². The van der Waals surface area contributed by atoms with Gasteiger partial charge in [-0.15, -0.1) is 0 Å². The van der Waals surface area contributed by atoms with Crippen molar-refractivity contribution >= 4 is 17.3 Å². The zero-order chi connectivity index (χ0) is 19.5. The van der Waals surface area contributed by atoms with Crippen LogP contribution in [-0.2, 0) is 17.5 Å². The topological polar surface area (TPSA) is 87.3 Å². The second-order valence-corrected chi connectivity index (χ2v) is 5.58. The fourth-order valence-corrected chi connectivity index (χ4v) is 2.15. The van der Waals surface area contributed by atoms with Gasteiger partial charge in [-0.05, 0) is 18.2 Å². The van der Waals surface area contributed by atoms with Crippen LogP contribution in [0.5, 0.6) is 0 Å². The third-order valence-electron chi connectivity index (χ3n) is 3.45. The smallest absolute Gasteiger partial charge is 0.378 e. The van der Waals surface area contributed by atoms with Crippen molar-refractivity contribution in [2.75, 3.05) is 31.4 Å². The minimum atomic E-state index is -4.68. The molecular weight excluding hydrogens is 353 g/mol. The van der Waals surface area contributed by atoms with Gasteiger partial charge in [-0.3, -0.25) is 9.59 Å². The van der Waals surface area contributed by atoms with Gasteiger partial charge in [0.15, 0.2) is 0 Å². The van der Waals surface area contributed by atoms with Gasteiger partial charge < -0.3 is 19.9 Å². The molecule has 0 saturated heterocycles. The highest BCUT2D eigenvalue weighted by atomic mass is 19.4. The molecule has 0 radical (unpaired) electrons. The number of carbonyl (C=O) groups excluding carboxylic acids is 1. The molecule has 0 atom stereocenters. The van der Waals surface area contributed by atoms with Crippen molar-refractivity contribution in [1.82, 2.24) is 9.97 Å². The predicted octanol–water partition coefficient (Wildman–Crippen LogP) is 2.25. The Labute approximate surface area is 146 Å². The molecule has 1 amide bonds. The molecule has 0 aliphatic heterocycles. The fraction of sp³-hybridized carbons (Fsp3) is 0.312. The van der Waals surface area contributed by atoms with E-state index in [2.05, 4.69) is 15.3 Å². The zero-order valence-corrected chi connectivity index (χ0v) is 14.3. The van der Waals surface area contributed by atoms with Crippen LogP contribution in [0.2, 0.25) is 0 Å². The molecular formula is C16H17F3N4O3. The Morgan fingerprint density at radius 3 is 2.58 bits per heavy atom. The van der Waals surface area contributed by atoms with Crippen molar-refractivity contribution in [1.29, 1.82) is 0 Å². The van der Waals surface area contributed by atoms with E-state index >= 15 is 0 Å². The molecule has 2 aromatic rings. The largest absolute Gasteiger partial charge is 0.418 e. The summed E-state index contributed by atoms with van der Waals surface area (Å²) in [6.45, 7) is 0.0291. The second-order valence-electron chi connectivity index (χ2n) is 5.58. The highest BCUT2D eigenvalue weighted by Gasteiger charge is 2.34. The number of ether oxygens (including phenoxy) is 1. The SMILES string of the molecule is COCc1ncc(C(=O)Nc2ccc(N(C)C)cc2C(F)(F)F)c(=O)[nH]1. The standard InChI is InChI=1S/C16H17F3N4O3/c1-23(2)9-4-5-12(11(6-9)16(17,18)19)21-14(24)10-7-20-13(8-26-3)22-15(10)25/h4-7H,8H2,1-3H3,(H,21,24)(H,20,22,25). The van der Waals surface area contributed by atoms with Crippen molar-refractivity contribution in [3.05, 3.63) is 51.7 Å². The molecule has 1 aromatic carbocycles. The maximum Gasteiger partial charge on any atom is 0.418 e. The molecule has 0 aliphatic carbocycles. The Morgan fingerprint density at radius 1 is 1.35 bits per heavy atom. The number of halogens is 3. The minimum Gasteiger partial charge on any atom is -0.378 e. The quantitative estimate of drug-likeness (QED) is 0.843. The zero-order valence-electron chi connectivity index (χ0n) is 14.3. The number of methoxy groups -OCH3 is 1. The van der Waals surface area contributed by atoms with E-state index in [0.717, 1.165) is 18.3 Å². The third kappa shape index (κ3) is 4.39. The van der Waals surface area contributed by atoms with Gasteiger partial charge in [0, 0.05) is 33.1 Å². The maximum absolute atomic E-state index is 13.3. The van der Waals surface area contributed by atoms with Gasteiger partial charge in [-0.1, -0.05) is 0 Å². The molecule has 2 rings (SSSR count). The minimum absolute atomic E-state index is 0.0291. The first-order valence-corrected chi connectivity index (χ1v) is 7.40. The van der Waals surface area contributed by atoms with Gasteiger partial charge in [0.1, 0.15) is 18.0 Å². The van der Waals surface area contributed by atoms with Gasteiger partial charge >= 0.3 is 6.18 Å². The Hall–Kier alpha value is -2.88. The summed E-state index contributed by atoms with van der Waals surface area (Å²) in [5.74, 6) is -0.800. The first-order valence-electron chi connectivity index (χ1n) is 7.40. The molecule has 1 aromatic heterocycles. The van der Waals surface area contributed by atoms with E-state index < -0.39 is 34.5 Å². The summed E-state index contributed by atoms with van der Waals surface area (Å²) < 4.78 is 44.7. The number of carbonyl (C=O) groups is 1. The lowest BCUT2D eigenvalue weighted by Gasteiger charge is -2.18. The average molecular weight is 370 g/mol. The van der Waals surface area contributed by atoms with Gasteiger partial charge in [-0.25, -0.2) is 4.98 Å². The monoisotopic (exact) mass is 370 g/mol. The normalized spacial score (nSPS) is 11.3. The summed E-state index contributed by atoms with van der Waals surface area (Å²) in [5.41, 5.74) is -2.33. The first kappa shape index (κ1) is 19.4. The number of hydrogen-bond donors (Lipinski definition) is 2. The number of rotatable bonds is 5. The number of aromatic nitrogens is 2. The first-order chi connectivity index (χ1) is 12.1. The van der Waals surface area contributed by atoms with Crippen molar-refractivity contribution in [2.45, 2.75) is 12.8 Å². The van der Waals surface area contributed by atoms with E-state index in [-0.39, 0.29) is 12.4 Å². The molecule has 7 nitrogen and oxygen atoms in total. The molecule has 10 heteroatoms. The lowest BCUT2D eigenvalue weighted by Crippen LogP contribution is -2.26. The molecule has 0 spiro atoms. The lowest BCUT2D eigenvalue weighted by molar-refractivity contribution is -0.136. The number of H-pyrrole nitrogens is 1. The van der Waals surface area contributed by atoms with Crippen molar-refractivity contribution in [3.63, 3.8) is 0 Å². The number of amides is 1. The average Bonchev–Trinajstić information content (AvgIpc) is 2.54. The van der Waals surface area contributed by atoms with E-state index in [1.807, 2.05) is 0 Å². The van der Waals surface area contributed by atoms with E-state index in [9.17, 15) is 22.8 Å². The van der Waals surface area contributed by atoms with E-state index in [1.54, 1.807) is 14.1 Å². The van der Waals surface area contributed by atoms with Gasteiger partial charge in [0.2, 0.25) is 0 Å². The highest BCUT2D eigenvalue weighted by Crippen LogP contribution is 2.37. The van der Waals surface area contributed by atoms with Crippen LogP contribution >= 0.6 is 0 Å². The molecule has 0 unspecified atom stereocenters. The number of alkyl halides is 3. The number of benzene rings is 1. The predicted molar refractivity (Wildman–Crippen MR) is 89.3 cm³/mol. The van der Waals surface area contributed by atoms with Crippen molar-refractivity contribution in [3.8, 4) is 0 Å². The van der Waals surface area contributed by atoms with E-state index in [1.165, 1.54) is 18.1 Å². The summed E-state index contributed by atoms with van der Waals surface area (Å²) in [7, 11) is 4.59. The lowest BCUT2D eigenvalue weighted by atomic mass is 10.1.